The van der Waals surface area contributed by atoms with Crippen molar-refractivity contribution in [2.75, 3.05) is 31.2 Å². The number of amides is 2. The second-order valence-corrected chi connectivity index (χ2v) is 6.37. The molecule has 1 aromatic rings. The number of hydrogen-bond donors (Lipinski definition) is 2. The summed E-state index contributed by atoms with van der Waals surface area (Å²) < 4.78 is 5.37. The molecule has 1 aromatic carbocycles. The Bertz CT molecular complexity index is 547. The van der Waals surface area contributed by atoms with Gasteiger partial charge in [-0.2, -0.15) is 5.10 Å². The summed E-state index contributed by atoms with van der Waals surface area (Å²) in [4.78, 5) is 14.1. The van der Waals surface area contributed by atoms with E-state index in [0.717, 1.165) is 44.7 Å². The maximum absolute atomic E-state index is 11.8. The second-order valence-electron chi connectivity index (χ2n) is 6.37. The van der Waals surface area contributed by atoms with Crippen molar-refractivity contribution in [1.82, 2.24) is 10.7 Å². The van der Waals surface area contributed by atoms with E-state index in [1.54, 1.807) is 6.21 Å². The summed E-state index contributed by atoms with van der Waals surface area (Å²) in [7, 11) is 0. The van der Waals surface area contributed by atoms with Gasteiger partial charge in [-0.3, -0.25) is 0 Å². The molecule has 6 nitrogen and oxygen atoms in total. The maximum atomic E-state index is 11.8. The van der Waals surface area contributed by atoms with Crippen molar-refractivity contribution >= 4 is 17.9 Å². The van der Waals surface area contributed by atoms with Gasteiger partial charge in [-0.1, -0.05) is 31.4 Å². The molecule has 130 valence electrons. The first-order valence-electron chi connectivity index (χ1n) is 8.83. The van der Waals surface area contributed by atoms with E-state index in [1.807, 2.05) is 12.1 Å². The lowest BCUT2D eigenvalue weighted by Crippen LogP contribution is -2.41. The van der Waals surface area contributed by atoms with Crippen LogP contribution in [0.1, 0.15) is 37.7 Å². The van der Waals surface area contributed by atoms with E-state index in [4.69, 9.17) is 4.74 Å². The molecule has 2 amide bonds. The molecule has 0 aromatic heterocycles. The van der Waals surface area contributed by atoms with Crippen molar-refractivity contribution in [3.8, 4) is 0 Å². The van der Waals surface area contributed by atoms with Gasteiger partial charge < -0.3 is 15.0 Å². The minimum atomic E-state index is -0.219. The van der Waals surface area contributed by atoms with Crippen LogP contribution in [-0.4, -0.2) is 44.6 Å². The third-order valence-electron chi connectivity index (χ3n) is 4.59. The van der Waals surface area contributed by atoms with Crippen molar-refractivity contribution < 1.29 is 9.53 Å². The van der Waals surface area contributed by atoms with E-state index in [1.165, 1.54) is 24.9 Å². The monoisotopic (exact) mass is 330 g/mol. The highest BCUT2D eigenvalue weighted by molar-refractivity contribution is 5.82. The summed E-state index contributed by atoms with van der Waals surface area (Å²) >= 11 is 0. The lowest BCUT2D eigenvalue weighted by Gasteiger charge is -2.28. The minimum Gasteiger partial charge on any atom is -0.378 e. The minimum absolute atomic E-state index is 0.219. The van der Waals surface area contributed by atoms with Crippen LogP contribution in [0.3, 0.4) is 0 Å². The summed E-state index contributed by atoms with van der Waals surface area (Å²) in [5.74, 6) is 0. The standard InChI is InChI=1S/C18H26N4O2/c23-18(20-16-4-2-1-3-5-16)21-19-14-15-6-8-17(9-7-15)22-10-12-24-13-11-22/h6-9,14,16H,1-5,10-13H2,(H2,20,21,23)/b19-14-. The Hall–Kier alpha value is -2.08. The number of ether oxygens (including phenoxy) is 1. The van der Waals surface area contributed by atoms with E-state index >= 15 is 0 Å². The van der Waals surface area contributed by atoms with Crippen molar-refractivity contribution in [3.05, 3.63) is 29.8 Å². The first-order chi connectivity index (χ1) is 11.8. The highest BCUT2D eigenvalue weighted by Crippen LogP contribution is 2.17. The molecule has 6 heteroatoms. The van der Waals surface area contributed by atoms with Gasteiger partial charge in [-0.15, -0.1) is 0 Å². The van der Waals surface area contributed by atoms with Crippen LogP contribution in [0, 0.1) is 0 Å². The molecule has 0 bridgehead atoms. The first-order valence-corrected chi connectivity index (χ1v) is 8.83. The van der Waals surface area contributed by atoms with Gasteiger partial charge in [0.15, 0.2) is 0 Å². The van der Waals surface area contributed by atoms with Crippen LogP contribution in [0.2, 0.25) is 0 Å². The molecular weight excluding hydrogens is 304 g/mol. The zero-order chi connectivity index (χ0) is 16.6. The molecule has 0 unspecified atom stereocenters. The summed E-state index contributed by atoms with van der Waals surface area (Å²) in [6.07, 6.45) is 7.48. The number of hydrogen-bond acceptors (Lipinski definition) is 4. The van der Waals surface area contributed by atoms with Gasteiger partial charge in [0, 0.05) is 24.8 Å². The van der Waals surface area contributed by atoms with Crippen molar-refractivity contribution in [1.29, 1.82) is 0 Å². The summed E-state index contributed by atoms with van der Waals surface area (Å²) in [5, 5.41) is 7.00. The normalized spacial score (nSPS) is 19.4. The fourth-order valence-corrected chi connectivity index (χ4v) is 3.22. The smallest absolute Gasteiger partial charge is 0.335 e. The van der Waals surface area contributed by atoms with E-state index < -0.39 is 0 Å². The molecule has 1 heterocycles. The number of hydrazone groups is 1. The number of urea groups is 1. The topological polar surface area (TPSA) is 66.0 Å². The van der Waals surface area contributed by atoms with E-state index in [-0.39, 0.29) is 6.03 Å². The SMILES string of the molecule is O=C(N/N=C\c1ccc(N2CCOCC2)cc1)NC1CCCCC1. The quantitative estimate of drug-likeness (QED) is 0.658. The Labute approximate surface area is 143 Å². The number of carbonyl (C=O) groups is 1. The highest BCUT2D eigenvalue weighted by Gasteiger charge is 2.15. The molecule has 1 saturated carbocycles. The lowest BCUT2D eigenvalue weighted by atomic mass is 9.96. The third kappa shape index (κ3) is 4.96. The summed E-state index contributed by atoms with van der Waals surface area (Å²) in [5.41, 5.74) is 4.70. The molecule has 2 aliphatic rings. The zero-order valence-electron chi connectivity index (χ0n) is 14.0. The first kappa shape index (κ1) is 16.8. The van der Waals surface area contributed by atoms with Crippen molar-refractivity contribution in [2.45, 2.75) is 38.1 Å². The predicted molar refractivity (Wildman–Crippen MR) is 95.6 cm³/mol. The number of benzene rings is 1. The maximum Gasteiger partial charge on any atom is 0.335 e. The largest absolute Gasteiger partial charge is 0.378 e. The van der Waals surface area contributed by atoms with Gasteiger partial charge in [0.2, 0.25) is 0 Å². The third-order valence-corrected chi connectivity index (χ3v) is 4.59. The fraction of sp³-hybridized carbons (Fsp3) is 0.556. The summed E-state index contributed by atoms with van der Waals surface area (Å²) in [6, 6.07) is 8.25. The number of morpholine rings is 1. The van der Waals surface area contributed by atoms with Crippen molar-refractivity contribution in [3.63, 3.8) is 0 Å². The molecule has 0 radical (unpaired) electrons. The Kier molecular flexibility index (Phi) is 6.07. The van der Waals surface area contributed by atoms with Gasteiger partial charge in [0.05, 0.1) is 19.4 Å². The predicted octanol–water partition coefficient (Wildman–Crippen LogP) is 2.49. The average molecular weight is 330 g/mol. The molecule has 0 spiro atoms. The highest BCUT2D eigenvalue weighted by atomic mass is 16.5. The molecule has 3 rings (SSSR count). The molecule has 1 saturated heterocycles. The molecule has 24 heavy (non-hydrogen) atoms. The average Bonchev–Trinajstić information content (AvgIpc) is 2.64. The number of nitrogens with zero attached hydrogens (tertiary/aromatic N) is 2. The van der Waals surface area contributed by atoms with E-state index in [9.17, 15) is 4.79 Å². The Morgan fingerprint density at radius 2 is 1.83 bits per heavy atom. The molecule has 0 atom stereocenters. The number of nitrogens with one attached hydrogen (secondary N) is 2. The number of anilines is 1. The van der Waals surface area contributed by atoms with E-state index in [0.29, 0.717) is 6.04 Å². The van der Waals surface area contributed by atoms with Crippen LogP contribution in [-0.2, 0) is 4.74 Å². The molecular formula is C18H26N4O2. The van der Waals surface area contributed by atoms with Crippen LogP contribution in [0.15, 0.2) is 29.4 Å². The lowest BCUT2D eigenvalue weighted by molar-refractivity contribution is 0.122. The second kappa shape index (κ2) is 8.68. The van der Waals surface area contributed by atoms with Gasteiger partial charge in [0.25, 0.3) is 0 Å². The zero-order valence-corrected chi connectivity index (χ0v) is 14.0. The van der Waals surface area contributed by atoms with Crippen LogP contribution < -0.4 is 15.6 Å². The van der Waals surface area contributed by atoms with Crippen LogP contribution in [0.4, 0.5) is 10.5 Å². The van der Waals surface area contributed by atoms with Gasteiger partial charge in [0.1, 0.15) is 0 Å². The fourth-order valence-electron chi connectivity index (χ4n) is 3.22. The Morgan fingerprint density at radius 3 is 2.54 bits per heavy atom. The molecule has 1 aliphatic heterocycles. The number of carbonyl (C=O) groups excluding carboxylic acids is 1. The van der Waals surface area contributed by atoms with Gasteiger partial charge in [-0.25, -0.2) is 10.2 Å². The van der Waals surface area contributed by atoms with Crippen LogP contribution in [0.5, 0.6) is 0 Å². The summed E-state index contributed by atoms with van der Waals surface area (Å²) in [6.45, 7) is 3.42. The van der Waals surface area contributed by atoms with Crippen LogP contribution in [0.25, 0.3) is 0 Å². The van der Waals surface area contributed by atoms with Crippen molar-refractivity contribution in [2.24, 2.45) is 5.10 Å². The van der Waals surface area contributed by atoms with Gasteiger partial charge in [-0.05, 0) is 30.5 Å². The molecule has 2 fully saturated rings. The Morgan fingerprint density at radius 1 is 1.12 bits per heavy atom. The van der Waals surface area contributed by atoms with E-state index in [2.05, 4.69) is 32.9 Å². The molecule has 1 aliphatic carbocycles. The number of rotatable bonds is 4. The van der Waals surface area contributed by atoms with Gasteiger partial charge >= 0.3 is 6.03 Å². The molecule has 2 N–H and O–H groups in total. The van der Waals surface area contributed by atoms with Crippen LogP contribution >= 0.6 is 0 Å². The Balaban J connectivity index is 1.44.